The summed E-state index contributed by atoms with van der Waals surface area (Å²) in [5.74, 6) is 1.50. The number of halogens is 1. The number of carbonyl (C=O) groups is 1. The number of amidine groups is 1. The predicted molar refractivity (Wildman–Crippen MR) is 145 cm³/mol. The maximum Gasteiger partial charge on any atom is 0.182 e. The summed E-state index contributed by atoms with van der Waals surface area (Å²) in [5, 5.41) is 19.7. The molecule has 0 saturated carbocycles. The van der Waals surface area contributed by atoms with Crippen molar-refractivity contribution in [2.45, 2.75) is 91.5 Å². The molecule has 5 nitrogen and oxygen atoms in total. The Morgan fingerprint density at radius 1 is 1.12 bits per heavy atom. The van der Waals surface area contributed by atoms with Crippen molar-refractivity contribution >= 4 is 28.6 Å². The van der Waals surface area contributed by atoms with Crippen LogP contribution in [-0.2, 0) is 10.8 Å². The third-order valence-corrected chi connectivity index (χ3v) is 6.94. The molecule has 6 heteroatoms. The largest absolute Gasteiger partial charge is 0.507 e. The van der Waals surface area contributed by atoms with Crippen molar-refractivity contribution in [3.05, 3.63) is 28.8 Å². The van der Waals surface area contributed by atoms with Crippen LogP contribution in [0.25, 0.3) is 0 Å². The molecule has 0 aromatic heterocycles. The van der Waals surface area contributed by atoms with E-state index in [4.69, 9.17) is 5.41 Å². The highest BCUT2D eigenvalue weighted by Gasteiger charge is 2.34. The lowest BCUT2D eigenvalue weighted by molar-refractivity contribution is 0.0965. The van der Waals surface area contributed by atoms with E-state index in [1.807, 2.05) is 17.0 Å². The number of Topliss-reactive ketones (excluding diaryl/α,β-unsaturated/α-hetero) is 1. The molecular formula is C27H46BrN3O2. The molecule has 1 fully saturated rings. The first kappa shape index (κ1) is 29.6. The Morgan fingerprint density at radius 3 is 2.03 bits per heavy atom. The molecule has 2 rings (SSSR count). The number of benzene rings is 1. The minimum absolute atomic E-state index is 0. The Morgan fingerprint density at radius 2 is 1.61 bits per heavy atom. The summed E-state index contributed by atoms with van der Waals surface area (Å²) in [4.78, 5) is 17.5. The molecule has 1 aliphatic rings. The maximum atomic E-state index is 13.3. The van der Waals surface area contributed by atoms with Gasteiger partial charge in [0.25, 0.3) is 0 Å². The number of phenolic OH excluding ortho intramolecular Hbond substituents is 1. The van der Waals surface area contributed by atoms with E-state index in [0.29, 0.717) is 23.1 Å². The minimum Gasteiger partial charge on any atom is -0.507 e. The van der Waals surface area contributed by atoms with Crippen molar-refractivity contribution in [1.82, 2.24) is 9.80 Å². The highest BCUT2D eigenvalue weighted by Crippen LogP contribution is 2.40. The van der Waals surface area contributed by atoms with Crippen LogP contribution in [0.3, 0.4) is 0 Å². The van der Waals surface area contributed by atoms with Gasteiger partial charge in [-0.1, -0.05) is 68.2 Å². The van der Waals surface area contributed by atoms with E-state index in [-0.39, 0.29) is 46.2 Å². The van der Waals surface area contributed by atoms with Crippen LogP contribution >= 0.6 is 17.0 Å². The summed E-state index contributed by atoms with van der Waals surface area (Å²) >= 11 is 0. The molecule has 33 heavy (non-hydrogen) atoms. The quantitative estimate of drug-likeness (QED) is 0.400. The van der Waals surface area contributed by atoms with E-state index in [1.54, 1.807) is 0 Å². The minimum atomic E-state index is -0.274. The first-order valence-corrected chi connectivity index (χ1v) is 12.1. The summed E-state index contributed by atoms with van der Waals surface area (Å²) < 4.78 is 0. The molecule has 1 aliphatic heterocycles. The summed E-state index contributed by atoms with van der Waals surface area (Å²) in [6.07, 6.45) is 3.19. The van der Waals surface area contributed by atoms with Gasteiger partial charge in [0, 0.05) is 29.8 Å². The molecule has 0 amide bonds. The van der Waals surface area contributed by atoms with Crippen LogP contribution in [0.1, 0.15) is 96.1 Å². The average molecular weight is 525 g/mol. The zero-order valence-corrected chi connectivity index (χ0v) is 23.9. The molecule has 0 spiro atoms. The van der Waals surface area contributed by atoms with Gasteiger partial charge in [-0.25, -0.2) is 0 Å². The van der Waals surface area contributed by atoms with Crippen molar-refractivity contribution < 1.29 is 9.90 Å². The van der Waals surface area contributed by atoms with Gasteiger partial charge in [0.1, 0.15) is 11.6 Å². The predicted octanol–water partition coefficient (Wildman–Crippen LogP) is 6.17. The number of nitrogens with zero attached hydrogens (tertiary/aromatic N) is 2. The molecule has 1 aromatic carbocycles. The number of nitrogens with one attached hydrogen (secondary N) is 1. The molecule has 1 unspecified atom stereocenters. The maximum absolute atomic E-state index is 13.3. The van der Waals surface area contributed by atoms with Crippen molar-refractivity contribution in [2.24, 2.45) is 5.92 Å². The zero-order chi connectivity index (χ0) is 24.4. The van der Waals surface area contributed by atoms with Gasteiger partial charge in [-0.05, 0) is 42.3 Å². The van der Waals surface area contributed by atoms with Crippen LogP contribution in [0, 0.1) is 11.3 Å². The van der Waals surface area contributed by atoms with Crippen LogP contribution in [-0.4, -0.2) is 59.2 Å². The topological polar surface area (TPSA) is 67.6 Å². The number of carbonyl (C=O) groups excluding carboxylic acids is 1. The van der Waals surface area contributed by atoms with Crippen LogP contribution in [0.4, 0.5) is 0 Å². The summed E-state index contributed by atoms with van der Waals surface area (Å²) in [6.45, 7) is 18.7. The van der Waals surface area contributed by atoms with Gasteiger partial charge in [-0.3, -0.25) is 15.1 Å². The molecular weight excluding hydrogens is 478 g/mol. The number of likely N-dealkylation sites (N-methyl/N-ethyl adjacent to an activating group) is 1. The number of hydrogen-bond donors (Lipinski definition) is 2. The fourth-order valence-electron chi connectivity index (χ4n) is 4.62. The third-order valence-electron chi connectivity index (χ3n) is 6.94. The van der Waals surface area contributed by atoms with E-state index < -0.39 is 0 Å². The van der Waals surface area contributed by atoms with Gasteiger partial charge in [-0.15, -0.1) is 17.0 Å². The number of likely N-dealkylation sites (tertiary alicyclic amines) is 1. The second-order valence-corrected chi connectivity index (χ2v) is 11.6. The van der Waals surface area contributed by atoms with E-state index >= 15 is 0 Å². The fraction of sp³-hybridized carbons (Fsp3) is 0.704. The fourth-order valence-corrected chi connectivity index (χ4v) is 4.62. The second kappa shape index (κ2) is 11.4. The molecule has 1 atom stereocenters. The number of hydrogen-bond acceptors (Lipinski definition) is 4. The number of aromatic hydroxyl groups is 1. The van der Waals surface area contributed by atoms with Crippen LogP contribution in [0.5, 0.6) is 5.75 Å². The van der Waals surface area contributed by atoms with Crippen molar-refractivity contribution in [3.8, 4) is 5.75 Å². The SMILES string of the molecule is Br.CCC(CC)CN(C)C1CCN(CC(=O)c2cc(C(C)(C)C)c(O)c(C(C)(C)C)c2)C1=N. The van der Waals surface area contributed by atoms with E-state index in [1.165, 1.54) is 0 Å². The van der Waals surface area contributed by atoms with Crippen molar-refractivity contribution in [2.75, 3.05) is 26.7 Å². The summed E-state index contributed by atoms with van der Waals surface area (Å²) in [5.41, 5.74) is 1.67. The Labute approximate surface area is 212 Å². The van der Waals surface area contributed by atoms with Gasteiger partial charge in [-0.2, -0.15) is 0 Å². The summed E-state index contributed by atoms with van der Waals surface area (Å²) in [7, 11) is 2.11. The van der Waals surface area contributed by atoms with E-state index in [9.17, 15) is 9.90 Å². The van der Waals surface area contributed by atoms with Gasteiger partial charge in [0.05, 0.1) is 12.6 Å². The highest BCUT2D eigenvalue weighted by atomic mass is 79.9. The lowest BCUT2D eigenvalue weighted by atomic mass is 9.78. The first-order valence-electron chi connectivity index (χ1n) is 12.1. The highest BCUT2D eigenvalue weighted by molar-refractivity contribution is 8.93. The Kier molecular flexibility index (Phi) is 10.2. The monoisotopic (exact) mass is 523 g/mol. The van der Waals surface area contributed by atoms with Gasteiger partial charge >= 0.3 is 0 Å². The Bertz CT molecular complexity index is 800. The molecule has 0 radical (unpaired) electrons. The molecule has 1 aromatic rings. The van der Waals surface area contributed by atoms with Crippen LogP contribution < -0.4 is 0 Å². The molecule has 2 N–H and O–H groups in total. The van der Waals surface area contributed by atoms with Gasteiger partial charge in [0.2, 0.25) is 0 Å². The second-order valence-electron chi connectivity index (χ2n) is 11.6. The van der Waals surface area contributed by atoms with Crippen LogP contribution in [0.15, 0.2) is 12.1 Å². The van der Waals surface area contributed by atoms with E-state index in [0.717, 1.165) is 43.5 Å². The first-order chi connectivity index (χ1) is 14.7. The van der Waals surface area contributed by atoms with E-state index in [2.05, 4.69) is 67.3 Å². The number of rotatable bonds is 8. The lowest BCUT2D eigenvalue weighted by Gasteiger charge is -2.29. The average Bonchev–Trinajstić information content (AvgIpc) is 3.04. The molecule has 1 heterocycles. The normalized spacial score (nSPS) is 17.1. The lowest BCUT2D eigenvalue weighted by Crippen LogP contribution is -2.42. The Balaban J connectivity index is 0.00000544. The van der Waals surface area contributed by atoms with Crippen LogP contribution in [0.2, 0.25) is 0 Å². The molecule has 0 aliphatic carbocycles. The number of ketones is 1. The summed E-state index contributed by atoms with van der Waals surface area (Å²) in [6, 6.07) is 3.78. The van der Waals surface area contributed by atoms with Gasteiger partial charge < -0.3 is 10.0 Å². The number of phenols is 1. The molecule has 0 bridgehead atoms. The van der Waals surface area contributed by atoms with Crippen molar-refractivity contribution in [3.63, 3.8) is 0 Å². The standard InChI is InChI=1S/C27H45N3O2.BrH/c1-10-18(11-2)16-29(9)22-12-13-30(25(22)28)17-23(31)19-14-20(26(3,4)5)24(32)21(15-19)27(6,7)8;/h14-15,18,22,28,32H,10-13,16-17H2,1-9H3;1H. The molecule has 188 valence electrons. The third kappa shape index (κ3) is 7.05. The van der Waals surface area contributed by atoms with Crippen molar-refractivity contribution in [1.29, 1.82) is 5.41 Å². The van der Waals surface area contributed by atoms with Gasteiger partial charge in [0.15, 0.2) is 5.78 Å². The molecule has 1 saturated heterocycles. The zero-order valence-electron chi connectivity index (χ0n) is 22.2. The Hall–Kier alpha value is -1.40. The smallest absolute Gasteiger partial charge is 0.182 e.